The largest absolute Gasteiger partial charge is 0.379 e. The van der Waals surface area contributed by atoms with Crippen LogP contribution in [0.4, 0.5) is 0 Å². The fourth-order valence-electron chi connectivity index (χ4n) is 2.81. The lowest BCUT2D eigenvalue weighted by molar-refractivity contribution is -0.0132. The highest BCUT2D eigenvalue weighted by atomic mass is 16.5. The molecule has 15 heavy (non-hydrogen) atoms. The Hall–Kier alpha value is -0.120. The van der Waals surface area contributed by atoms with Crippen LogP contribution in [0.3, 0.4) is 0 Å². The fraction of sp³-hybridized carbons (Fsp3) is 1.00. The minimum Gasteiger partial charge on any atom is -0.379 e. The van der Waals surface area contributed by atoms with Gasteiger partial charge in [0.15, 0.2) is 0 Å². The molecule has 2 rings (SSSR count). The van der Waals surface area contributed by atoms with E-state index in [0.717, 1.165) is 26.3 Å². The van der Waals surface area contributed by atoms with Crippen molar-refractivity contribution in [2.75, 3.05) is 26.3 Å². The minimum atomic E-state index is 0.0872. The molecule has 0 amide bonds. The second-order valence-electron chi connectivity index (χ2n) is 5.32. The van der Waals surface area contributed by atoms with Gasteiger partial charge in [-0.3, -0.25) is 4.90 Å². The molecule has 3 heteroatoms. The molecule has 0 radical (unpaired) electrons. The first-order valence-electron chi connectivity index (χ1n) is 6.30. The summed E-state index contributed by atoms with van der Waals surface area (Å²) in [6.07, 6.45) is 6.41. The van der Waals surface area contributed by atoms with Crippen molar-refractivity contribution in [1.29, 1.82) is 0 Å². The van der Waals surface area contributed by atoms with E-state index < -0.39 is 0 Å². The molecule has 1 heterocycles. The predicted molar refractivity (Wildman–Crippen MR) is 61.9 cm³/mol. The quantitative estimate of drug-likeness (QED) is 0.751. The maximum absolute atomic E-state index is 6.47. The van der Waals surface area contributed by atoms with Gasteiger partial charge in [0, 0.05) is 24.7 Å². The topological polar surface area (TPSA) is 38.5 Å². The molecule has 2 N–H and O–H groups in total. The summed E-state index contributed by atoms with van der Waals surface area (Å²) in [6, 6.07) is 0.543. The van der Waals surface area contributed by atoms with Crippen LogP contribution >= 0.6 is 0 Å². The van der Waals surface area contributed by atoms with E-state index in [1.165, 1.54) is 32.1 Å². The smallest absolute Gasteiger partial charge is 0.0619 e. The van der Waals surface area contributed by atoms with Gasteiger partial charge in [-0.05, 0) is 19.8 Å². The van der Waals surface area contributed by atoms with Gasteiger partial charge >= 0.3 is 0 Å². The lowest BCUT2D eigenvalue weighted by Gasteiger charge is -2.42. The van der Waals surface area contributed by atoms with Crippen molar-refractivity contribution >= 4 is 0 Å². The Kier molecular flexibility index (Phi) is 3.65. The average Bonchev–Trinajstić information content (AvgIpc) is 2.22. The summed E-state index contributed by atoms with van der Waals surface area (Å²) in [6.45, 7) is 6.11. The first-order valence-corrected chi connectivity index (χ1v) is 6.30. The zero-order valence-corrected chi connectivity index (χ0v) is 9.87. The maximum Gasteiger partial charge on any atom is 0.0619 e. The van der Waals surface area contributed by atoms with Crippen LogP contribution in [-0.4, -0.2) is 42.8 Å². The third-order valence-electron chi connectivity index (χ3n) is 3.87. The van der Waals surface area contributed by atoms with E-state index in [9.17, 15) is 0 Å². The Morgan fingerprint density at radius 3 is 2.73 bits per heavy atom. The highest BCUT2D eigenvalue weighted by Crippen LogP contribution is 2.27. The van der Waals surface area contributed by atoms with Gasteiger partial charge in [-0.1, -0.05) is 19.3 Å². The summed E-state index contributed by atoms with van der Waals surface area (Å²) >= 11 is 0. The zero-order valence-electron chi connectivity index (χ0n) is 9.87. The van der Waals surface area contributed by atoms with Crippen LogP contribution < -0.4 is 5.73 Å². The highest BCUT2D eigenvalue weighted by molar-refractivity contribution is 4.91. The SMILES string of the molecule is CC1COCCN1CC1(N)CCCCC1. The van der Waals surface area contributed by atoms with Crippen LogP contribution in [0.15, 0.2) is 0 Å². The number of ether oxygens (including phenoxy) is 1. The maximum atomic E-state index is 6.47. The second kappa shape index (κ2) is 4.81. The summed E-state index contributed by atoms with van der Waals surface area (Å²) in [7, 11) is 0. The first-order chi connectivity index (χ1) is 7.20. The lowest BCUT2D eigenvalue weighted by atomic mass is 9.82. The van der Waals surface area contributed by atoms with Gasteiger partial charge in [-0.2, -0.15) is 0 Å². The summed E-state index contributed by atoms with van der Waals surface area (Å²) < 4.78 is 5.45. The van der Waals surface area contributed by atoms with Crippen molar-refractivity contribution in [3.63, 3.8) is 0 Å². The van der Waals surface area contributed by atoms with Gasteiger partial charge in [-0.25, -0.2) is 0 Å². The van der Waals surface area contributed by atoms with Gasteiger partial charge in [0.05, 0.1) is 13.2 Å². The summed E-state index contributed by atoms with van der Waals surface area (Å²) in [4.78, 5) is 2.51. The lowest BCUT2D eigenvalue weighted by Crippen LogP contribution is -2.56. The zero-order chi connectivity index (χ0) is 10.7. The van der Waals surface area contributed by atoms with E-state index in [1.807, 2.05) is 0 Å². The molecular weight excluding hydrogens is 188 g/mol. The summed E-state index contributed by atoms with van der Waals surface area (Å²) in [5.41, 5.74) is 6.56. The Labute approximate surface area is 93.0 Å². The molecule has 0 bridgehead atoms. The van der Waals surface area contributed by atoms with E-state index >= 15 is 0 Å². The monoisotopic (exact) mass is 212 g/mol. The van der Waals surface area contributed by atoms with E-state index in [4.69, 9.17) is 10.5 Å². The van der Waals surface area contributed by atoms with Crippen molar-refractivity contribution in [2.24, 2.45) is 5.73 Å². The molecule has 0 spiro atoms. The number of hydrogen-bond donors (Lipinski definition) is 1. The van der Waals surface area contributed by atoms with E-state index in [-0.39, 0.29) is 5.54 Å². The number of morpholine rings is 1. The third-order valence-corrected chi connectivity index (χ3v) is 3.87. The molecule has 1 saturated heterocycles. The molecule has 0 aromatic carbocycles. The van der Waals surface area contributed by atoms with Crippen LogP contribution in [0.2, 0.25) is 0 Å². The fourth-order valence-corrected chi connectivity index (χ4v) is 2.81. The van der Waals surface area contributed by atoms with Crippen LogP contribution in [0.1, 0.15) is 39.0 Å². The van der Waals surface area contributed by atoms with Gasteiger partial charge in [0.1, 0.15) is 0 Å². The van der Waals surface area contributed by atoms with E-state index in [0.29, 0.717) is 6.04 Å². The second-order valence-corrected chi connectivity index (χ2v) is 5.32. The third kappa shape index (κ3) is 2.92. The molecule has 2 fully saturated rings. The predicted octanol–water partition coefficient (Wildman–Crippen LogP) is 1.37. The summed E-state index contributed by atoms with van der Waals surface area (Å²) in [5, 5.41) is 0. The first kappa shape index (κ1) is 11.4. The minimum absolute atomic E-state index is 0.0872. The molecule has 1 atom stereocenters. The van der Waals surface area contributed by atoms with Crippen LogP contribution in [0.5, 0.6) is 0 Å². The van der Waals surface area contributed by atoms with Crippen LogP contribution in [0.25, 0.3) is 0 Å². The van der Waals surface area contributed by atoms with Crippen molar-refractivity contribution in [3.8, 4) is 0 Å². The standard InChI is InChI=1S/C12H24N2O/c1-11-9-15-8-7-14(11)10-12(13)5-3-2-4-6-12/h11H,2-10,13H2,1H3. The normalized spacial score (nSPS) is 32.8. The number of nitrogens with two attached hydrogens (primary N) is 1. The Balaban J connectivity index is 1.88. The number of rotatable bonds is 2. The van der Waals surface area contributed by atoms with Crippen molar-refractivity contribution in [1.82, 2.24) is 4.90 Å². The number of nitrogens with zero attached hydrogens (tertiary/aromatic N) is 1. The Morgan fingerprint density at radius 2 is 2.07 bits per heavy atom. The van der Waals surface area contributed by atoms with Crippen LogP contribution in [-0.2, 0) is 4.74 Å². The van der Waals surface area contributed by atoms with Crippen molar-refractivity contribution in [3.05, 3.63) is 0 Å². The van der Waals surface area contributed by atoms with Crippen molar-refractivity contribution in [2.45, 2.75) is 50.6 Å². The van der Waals surface area contributed by atoms with E-state index in [1.54, 1.807) is 0 Å². The number of hydrogen-bond acceptors (Lipinski definition) is 3. The molecule has 1 aliphatic carbocycles. The van der Waals surface area contributed by atoms with Gasteiger partial charge in [0.2, 0.25) is 0 Å². The molecule has 1 unspecified atom stereocenters. The molecule has 1 saturated carbocycles. The molecule has 0 aromatic rings. The van der Waals surface area contributed by atoms with E-state index in [2.05, 4.69) is 11.8 Å². The molecule has 0 aromatic heterocycles. The van der Waals surface area contributed by atoms with Gasteiger partial charge in [-0.15, -0.1) is 0 Å². The molecule has 2 aliphatic rings. The Bertz CT molecular complexity index is 202. The van der Waals surface area contributed by atoms with Crippen LogP contribution in [0, 0.1) is 0 Å². The van der Waals surface area contributed by atoms with Gasteiger partial charge in [0.25, 0.3) is 0 Å². The van der Waals surface area contributed by atoms with Gasteiger partial charge < -0.3 is 10.5 Å². The molecular formula is C12H24N2O. The Morgan fingerprint density at radius 1 is 1.33 bits per heavy atom. The summed E-state index contributed by atoms with van der Waals surface area (Å²) in [5.74, 6) is 0. The molecule has 88 valence electrons. The average molecular weight is 212 g/mol. The molecule has 3 nitrogen and oxygen atoms in total. The highest BCUT2D eigenvalue weighted by Gasteiger charge is 2.32. The molecule has 1 aliphatic heterocycles. The van der Waals surface area contributed by atoms with Crippen molar-refractivity contribution < 1.29 is 4.74 Å².